The van der Waals surface area contributed by atoms with E-state index in [4.69, 9.17) is 4.74 Å². The van der Waals surface area contributed by atoms with Gasteiger partial charge in [-0.1, -0.05) is 48.5 Å². The molecule has 0 N–H and O–H groups in total. The quantitative estimate of drug-likeness (QED) is 0.647. The van der Waals surface area contributed by atoms with Gasteiger partial charge in [0.2, 0.25) is 0 Å². The van der Waals surface area contributed by atoms with Crippen LogP contribution in [0.25, 0.3) is 22.4 Å². The number of rotatable bonds is 5. The first-order valence-electron chi connectivity index (χ1n) is 8.45. The molecule has 2 aromatic carbocycles. The summed E-state index contributed by atoms with van der Waals surface area (Å²) < 4.78 is 4.77. The lowest BCUT2D eigenvalue weighted by Crippen LogP contribution is -2.10. The third-order valence-corrected chi connectivity index (χ3v) is 4.15. The van der Waals surface area contributed by atoms with Gasteiger partial charge in [0.1, 0.15) is 0 Å². The standard InChI is InChI=1S/C22H22N2O2/c1-24(2)15-16-4-6-17(7-5-16)18-8-10-19(11-9-18)21-14-20(12-13-23-21)22(25)26-3/h4-14H,15H2,1-3H3. The second kappa shape index (κ2) is 7.93. The van der Waals surface area contributed by atoms with Crippen molar-refractivity contribution in [1.82, 2.24) is 9.88 Å². The molecule has 0 fully saturated rings. The van der Waals surface area contributed by atoms with Crippen molar-refractivity contribution in [3.05, 3.63) is 78.0 Å². The predicted octanol–water partition coefficient (Wildman–Crippen LogP) is 4.26. The summed E-state index contributed by atoms with van der Waals surface area (Å²) in [5.41, 5.74) is 5.83. The van der Waals surface area contributed by atoms with E-state index in [1.165, 1.54) is 18.2 Å². The van der Waals surface area contributed by atoms with E-state index in [2.05, 4.69) is 60.4 Å². The number of pyridine rings is 1. The average Bonchev–Trinajstić information content (AvgIpc) is 2.68. The molecule has 4 nitrogen and oxygen atoms in total. The molecule has 0 saturated carbocycles. The fourth-order valence-corrected chi connectivity index (χ4v) is 2.83. The largest absolute Gasteiger partial charge is 0.465 e. The summed E-state index contributed by atoms with van der Waals surface area (Å²) in [5.74, 6) is -0.358. The molecule has 4 heteroatoms. The molecule has 0 aliphatic heterocycles. The first kappa shape index (κ1) is 17.8. The molecule has 3 rings (SSSR count). The van der Waals surface area contributed by atoms with Crippen molar-refractivity contribution < 1.29 is 9.53 Å². The maximum absolute atomic E-state index is 11.7. The van der Waals surface area contributed by atoms with Crippen LogP contribution in [0, 0.1) is 0 Å². The SMILES string of the molecule is COC(=O)c1ccnc(-c2ccc(-c3ccc(CN(C)C)cc3)cc2)c1. The summed E-state index contributed by atoms with van der Waals surface area (Å²) in [6.07, 6.45) is 1.62. The highest BCUT2D eigenvalue weighted by Gasteiger charge is 2.08. The number of nitrogens with zero attached hydrogens (tertiary/aromatic N) is 2. The summed E-state index contributed by atoms with van der Waals surface area (Å²) in [6, 6.07) is 20.2. The van der Waals surface area contributed by atoms with E-state index >= 15 is 0 Å². The Hall–Kier alpha value is -2.98. The maximum Gasteiger partial charge on any atom is 0.337 e. The predicted molar refractivity (Wildman–Crippen MR) is 104 cm³/mol. The van der Waals surface area contributed by atoms with Gasteiger partial charge in [-0.15, -0.1) is 0 Å². The number of carbonyl (C=O) groups is 1. The van der Waals surface area contributed by atoms with Gasteiger partial charge in [0.25, 0.3) is 0 Å². The smallest absolute Gasteiger partial charge is 0.337 e. The number of ether oxygens (including phenoxy) is 1. The van der Waals surface area contributed by atoms with Gasteiger partial charge >= 0.3 is 5.97 Å². The minimum absolute atomic E-state index is 0.358. The fraction of sp³-hybridized carbons (Fsp3) is 0.182. The van der Waals surface area contributed by atoms with Crippen LogP contribution in [0.4, 0.5) is 0 Å². The van der Waals surface area contributed by atoms with Crippen molar-refractivity contribution in [2.24, 2.45) is 0 Å². The van der Waals surface area contributed by atoms with Crippen molar-refractivity contribution in [2.45, 2.75) is 6.54 Å². The molecular formula is C22H22N2O2. The summed E-state index contributed by atoms with van der Waals surface area (Å²) >= 11 is 0. The van der Waals surface area contributed by atoms with Gasteiger partial charge < -0.3 is 9.64 Å². The lowest BCUT2D eigenvalue weighted by atomic mass is 10.0. The molecule has 0 aliphatic rings. The highest BCUT2D eigenvalue weighted by Crippen LogP contribution is 2.25. The Morgan fingerprint density at radius 2 is 1.50 bits per heavy atom. The molecule has 0 bridgehead atoms. The van der Waals surface area contributed by atoms with Gasteiger partial charge in [0.15, 0.2) is 0 Å². The Morgan fingerprint density at radius 1 is 0.923 bits per heavy atom. The van der Waals surface area contributed by atoms with Gasteiger partial charge in [-0.05, 0) is 42.9 Å². The minimum atomic E-state index is -0.358. The fourth-order valence-electron chi connectivity index (χ4n) is 2.83. The third kappa shape index (κ3) is 4.16. The lowest BCUT2D eigenvalue weighted by molar-refractivity contribution is 0.0600. The summed E-state index contributed by atoms with van der Waals surface area (Å²) in [4.78, 5) is 18.2. The van der Waals surface area contributed by atoms with Crippen molar-refractivity contribution >= 4 is 5.97 Å². The maximum atomic E-state index is 11.7. The Labute approximate surface area is 154 Å². The number of aromatic nitrogens is 1. The number of benzene rings is 2. The number of esters is 1. The van der Waals surface area contributed by atoms with Gasteiger partial charge in [0, 0.05) is 18.3 Å². The number of methoxy groups -OCH3 is 1. The summed E-state index contributed by atoms with van der Waals surface area (Å²) in [6.45, 7) is 0.932. The lowest BCUT2D eigenvalue weighted by Gasteiger charge is -2.10. The van der Waals surface area contributed by atoms with E-state index in [1.54, 1.807) is 18.3 Å². The van der Waals surface area contributed by atoms with Gasteiger partial charge in [-0.3, -0.25) is 4.98 Å². The molecule has 0 atom stereocenters. The van der Waals surface area contributed by atoms with Crippen LogP contribution >= 0.6 is 0 Å². The molecule has 0 aliphatic carbocycles. The van der Waals surface area contributed by atoms with E-state index in [0.29, 0.717) is 5.56 Å². The van der Waals surface area contributed by atoms with E-state index in [9.17, 15) is 4.79 Å². The van der Waals surface area contributed by atoms with E-state index in [1.807, 2.05) is 12.1 Å². The Kier molecular flexibility index (Phi) is 5.44. The normalized spacial score (nSPS) is 10.8. The molecule has 1 aromatic heterocycles. The number of hydrogen-bond acceptors (Lipinski definition) is 4. The van der Waals surface area contributed by atoms with E-state index in [0.717, 1.165) is 23.4 Å². The van der Waals surface area contributed by atoms with Crippen LogP contribution in [0.5, 0.6) is 0 Å². The minimum Gasteiger partial charge on any atom is -0.465 e. The van der Waals surface area contributed by atoms with Crippen molar-refractivity contribution in [3.63, 3.8) is 0 Å². The number of carbonyl (C=O) groups excluding carboxylic acids is 1. The Bertz CT molecular complexity index is 885. The molecule has 132 valence electrons. The van der Waals surface area contributed by atoms with Crippen LogP contribution in [0.1, 0.15) is 15.9 Å². The molecule has 0 spiro atoms. The van der Waals surface area contributed by atoms with Crippen LogP contribution in [0.2, 0.25) is 0 Å². The molecule has 0 saturated heterocycles. The number of hydrogen-bond donors (Lipinski definition) is 0. The van der Waals surface area contributed by atoms with Crippen molar-refractivity contribution in [2.75, 3.05) is 21.2 Å². The molecule has 0 amide bonds. The summed E-state index contributed by atoms with van der Waals surface area (Å²) in [5, 5.41) is 0. The molecule has 1 heterocycles. The van der Waals surface area contributed by atoms with Gasteiger partial charge in [-0.25, -0.2) is 4.79 Å². The highest BCUT2D eigenvalue weighted by molar-refractivity contribution is 5.90. The highest BCUT2D eigenvalue weighted by atomic mass is 16.5. The van der Waals surface area contributed by atoms with Gasteiger partial charge in [-0.2, -0.15) is 0 Å². The van der Waals surface area contributed by atoms with Crippen LogP contribution in [-0.4, -0.2) is 37.1 Å². The van der Waals surface area contributed by atoms with E-state index in [-0.39, 0.29) is 5.97 Å². The van der Waals surface area contributed by atoms with Crippen molar-refractivity contribution in [3.8, 4) is 22.4 Å². The van der Waals surface area contributed by atoms with Crippen LogP contribution < -0.4 is 0 Å². The zero-order valence-corrected chi connectivity index (χ0v) is 15.3. The average molecular weight is 346 g/mol. The monoisotopic (exact) mass is 346 g/mol. The van der Waals surface area contributed by atoms with E-state index < -0.39 is 0 Å². The zero-order valence-electron chi connectivity index (χ0n) is 15.3. The second-order valence-corrected chi connectivity index (χ2v) is 6.43. The molecule has 3 aromatic rings. The third-order valence-electron chi connectivity index (χ3n) is 4.15. The second-order valence-electron chi connectivity index (χ2n) is 6.43. The van der Waals surface area contributed by atoms with Crippen LogP contribution in [0.3, 0.4) is 0 Å². The van der Waals surface area contributed by atoms with Crippen molar-refractivity contribution in [1.29, 1.82) is 0 Å². The molecule has 26 heavy (non-hydrogen) atoms. The topological polar surface area (TPSA) is 42.4 Å². The Morgan fingerprint density at radius 3 is 2.08 bits per heavy atom. The first-order chi connectivity index (χ1) is 12.6. The van der Waals surface area contributed by atoms with Gasteiger partial charge in [0.05, 0.1) is 18.4 Å². The van der Waals surface area contributed by atoms with Crippen LogP contribution in [-0.2, 0) is 11.3 Å². The molecule has 0 unspecified atom stereocenters. The summed E-state index contributed by atoms with van der Waals surface area (Å²) in [7, 11) is 5.51. The van der Waals surface area contributed by atoms with Crippen LogP contribution in [0.15, 0.2) is 66.9 Å². The molecule has 0 radical (unpaired) electrons. The first-order valence-corrected chi connectivity index (χ1v) is 8.45. The Balaban J connectivity index is 1.81. The molecular weight excluding hydrogens is 324 g/mol. The zero-order chi connectivity index (χ0) is 18.5.